The number of hydrogen-bond donors (Lipinski definition) is 0. The van der Waals surface area contributed by atoms with E-state index in [1.54, 1.807) is 0 Å². The summed E-state index contributed by atoms with van der Waals surface area (Å²) in [6, 6.07) is 106. The lowest BCUT2D eigenvalue weighted by molar-refractivity contribution is 1.31. The lowest BCUT2D eigenvalue weighted by Crippen LogP contribution is -1.92. The zero-order chi connectivity index (χ0) is 70.0. The van der Waals surface area contributed by atoms with Crippen molar-refractivity contribution in [2.75, 3.05) is 0 Å². The standard InChI is InChI=1S/C48H28N6.C46H28N6/c1-4-36(27-37(5-1)41-19-15-32-11-9-30-6-2-24-49-45(30)47(32)53-41)39-21-18-38-26-34(17-20-40(38)51-39)35-13-8-29-14-22-42(52-44(29)28-35)43-23-16-33-12-10-31-7-3-25-50-46(31)48(33)54-43;1-3-21-47-38(7-1)35-25-36(39-8-2-4-22-48-39)27-37(26-35)41-18-16-34-24-32(15-17-40(34)50-41)33-12-9-29-13-19-42(51-44(29)28-33)43-20-14-31-11-10-30-6-5-23-49-45(30)46(31)52-43/h1-28H;1-28H. The van der Waals surface area contributed by atoms with Gasteiger partial charge < -0.3 is 0 Å². The van der Waals surface area contributed by atoms with E-state index in [2.05, 4.69) is 255 Å². The summed E-state index contributed by atoms with van der Waals surface area (Å²) >= 11 is 0. The van der Waals surface area contributed by atoms with Crippen LogP contribution in [0, 0.1) is 0 Å². The molecule has 12 heteroatoms. The maximum absolute atomic E-state index is 5.12. The van der Waals surface area contributed by atoms with Gasteiger partial charge in [-0.3, -0.25) is 24.9 Å². The molecule has 0 fully saturated rings. The van der Waals surface area contributed by atoms with Crippen LogP contribution in [0.15, 0.2) is 340 Å². The van der Waals surface area contributed by atoms with Crippen molar-refractivity contribution in [2.45, 2.75) is 0 Å². The molecule has 0 aliphatic heterocycles. The van der Waals surface area contributed by atoms with Crippen LogP contribution in [0.2, 0.25) is 0 Å². The van der Waals surface area contributed by atoms with Gasteiger partial charge in [-0.1, -0.05) is 164 Å². The van der Waals surface area contributed by atoms with Crippen molar-refractivity contribution in [3.8, 4) is 101 Å². The van der Waals surface area contributed by atoms with E-state index in [0.717, 1.165) is 210 Å². The van der Waals surface area contributed by atoms with Gasteiger partial charge in [-0.05, 0) is 168 Å². The third kappa shape index (κ3) is 11.5. The molecule has 0 spiro atoms. The summed E-state index contributed by atoms with van der Waals surface area (Å²) in [5.74, 6) is 0. The van der Waals surface area contributed by atoms with Gasteiger partial charge in [0.05, 0.1) is 106 Å². The molecule has 9 aromatic carbocycles. The number of pyridine rings is 12. The molecule has 12 heterocycles. The number of benzene rings is 9. The average molecular weight is 1350 g/mol. The molecule has 0 unspecified atom stereocenters. The Labute approximate surface area is 606 Å². The number of aromatic nitrogens is 12. The van der Waals surface area contributed by atoms with Crippen molar-refractivity contribution in [1.82, 2.24) is 59.8 Å². The predicted molar refractivity (Wildman–Crippen MR) is 430 cm³/mol. The van der Waals surface area contributed by atoms with Crippen LogP contribution in [0.25, 0.3) is 210 Å². The van der Waals surface area contributed by atoms with Gasteiger partial charge in [-0.25, -0.2) is 34.9 Å². The zero-order valence-corrected chi connectivity index (χ0v) is 56.7. The minimum absolute atomic E-state index is 0.822. The van der Waals surface area contributed by atoms with Gasteiger partial charge in [0.15, 0.2) is 0 Å². The summed E-state index contributed by atoms with van der Waals surface area (Å²) in [6.45, 7) is 0. The van der Waals surface area contributed by atoms with Crippen LogP contribution in [0.3, 0.4) is 0 Å². The fourth-order valence-electron chi connectivity index (χ4n) is 14.4. The second-order valence-corrected chi connectivity index (χ2v) is 26.5. The largest absolute Gasteiger partial charge is 0.256 e. The molecule has 0 amide bonds. The summed E-state index contributed by atoms with van der Waals surface area (Å²) in [5.41, 5.74) is 26.4. The van der Waals surface area contributed by atoms with Gasteiger partial charge in [-0.2, -0.15) is 0 Å². The second-order valence-electron chi connectivity index (χ2n) is 26.5. The molecule has 492 valence electrons. The molecule has 21 rings (SSSR count). The number of nitrogens with zero attached hydrogens (tertiary/aromatic N) is 12. The van der Waals surface area contributed by atoms with E-state index in [4.69, 9.17) is 34.9 Å². The van der Waals surface area contributed by atoms with Crippen LogP contribution in [0.1, 0.15) is 0 Å². The zero-order valence-electron chi connectivity index (χ0n) is 56.7. The minimum Gasteiger partial charge on any atom is -0.256 e. The number of hydrogen-bond acceptors (Lipinski definition) is 12. The molecule has 0 atom stereocenters. The fourth-order valence-corrected chi connectivity index (χ4v) is 14.4. The van der Waals surface area contributed by atoms with Gasteiger partial charge in [-0.15, -0.1) is 0 Å². The summed E-state index contributed by atoms with van der Waals surface area (Å²) in [7, 11) is 0. The van der Waals surface area contributed by atoms with E-state index < -0.39 is 0 Å². The van der Waals surface area contributed by atoms with Crippen molar-refractivity contribution in [1.29, 1.82) is 0 Å². The van der Waals surface area contributed by atoms with Gasteiger partial charge in [0.2, 0.25) is 0 Å². The smallest absolute Gasteiger partial charge is 0.0972 e. The molecule has 0 radical (unpaired) electrons. The van der Waals surface area contributed by atoms with Gasteiger partial charge in [0.25, 0.3) is 0 Å². The minimum atomic E-state index is 0.822. The summed E-state index contributed by atoms with van der Waals surface area (Å²) in [4.78, 5) is 58.6. The van der Waals surface area contributed by atoms with Crippen LogP contribution in [0.4, 0.5) is 0 Å². The summed E-state index contributed by atoms with van der Waals surface area (Å²) < 4.78 is 0. The van der Waals surface area contributed by atoms with E-state index in [9.17, 15) is 0 Å². The lowest BCUT2D eigenvalue weighted by atomic mass is 9.98. The van der Waals surface area contributed by atoms with Crippen LogP contribution in [-0.2, 0) is 0 Å². The van der Waals surface area contributed by atoms with Crippen LogP contribution >= 0.6 is 0 Å². The molecule has 12 nitrogen and oxygen atoms in total. The maximum atomic E-state index is 5.12. The van der Waals surface area contributed by atoms with E-state index >= 15 is 0 Å². The van der Waals surface area contributed by atoms with Crippen molar-refractivity contribution in [3.63, 3.8) is 0 Å². The summed E-state index contributed by atoms with van der Waals surface area (Å²) in [6.07, 6.45) is 9.10. The first-order chi connectivity index (χ1) is 52.4. The molecule has 0 N–H and O–H groups in total. The highest BCUT2D eigenvalue weighted by molar-refractivity contribution is 6.06. The Bertz CT molecular complexity index is 7060. The van der Waals surface area contributed by atoms with Crippen LogP contribution in [-0.4, -0.2) is 59.8 Å². The lowest BCUT2D eigenvalue weighted by Gasteiger charge is -2.11. The van der Waals surface area contributed by atoms with Crippen molar-refractivity contribution >= 4 is 109 Å². The van der Waals surface area contributed by atoms with Crippen LogP contribution in [0.5, 0.6) is 0 Å². The average Bonchev–Trinajstić information content (AvgIpc) is 0.784. The molecular formula is C94H56N12. The third-order valence-corrected chi connectivity index (χ3v) is 19.9. The first-order valence-corrected chi connectivity index (χ1v) is 35.1. The fraction of sp³-hybridized carbons (Fsp3) is 0. The first kappa shape index (κ1) is 61.3. The van der Waals surface area contributed by atoms with Gasteiger partial charge in [0, 0.05) is 113 Å². The van der Waals surface area contributed by atoms with E-state index in [-0.39, 0.29) is 0 Å². The van der Waals surface area contributed by atoms with E-state index in [0.29, 0.717) is 0 Å². The number of fused-ring (bicyclic) bond motifs is 13. The predicted octanol–water partition coefficient (Wildman–Crippen LogP) is 22.6. The van der Waals surface area contributed by atoms with Gasteiger partial charge >= 0.3 is 0 Å². The topological polar surface area (TPSA) is 155 Å². The molecule has 0 saturated heterocycles. The normalized spacial score (nSPS) is 11.6. The highest BCUT2D eigenvalue weighted by Crippen LogP contribution is 2.37. The molecule has 106 heavy (non-hydrogen) atoms. The number of rotatable bonds is 9. The molecule has 0 aliphatic rings. The van der Waals surface area contributed by atoms with Crippen molar-refractivity contribution < 1.29 is 0 Å². The molecule has 0 saturated carbocycles. The molecule has 0 aliphatic carbocycles. The third-order valence-electron chi connectivity index (χ3n) is 19.9. The summed E-state index contributed by atoms with van der Waals surface area (Å²) in [5, 5.41) is 10.7. The van der Waals surface area contributed by atoms with Crippen molar-refractivity contribution in [3.05, 3.63) is 340 Å². The molecule has 21 aromatic rings. The molecule has 12 aromatic heterocycles. The second kappa shape index (κ2) is 25.8. The van der Waals surface area contributed by atoms with E-state index in [1.165, 1.54) is 0 Å². The van der Waals surface area contributed by atoms with Crippen LogP contribution < -0.4 is 0 Å². The SMILES string of the molecule is c1cc(-c2ccc3cc(-c4ccc5ccc(-c6ccc7ccc8cccnc8c7n6)nc5c4)ccc3n2)cc(-c2ccc3ccc4cccnc4c3n2)c1.c1ccc(-c2cc(-c3ccccn3)cc(-c3ccc4cc(-c5ccc6ccc(-c7ccc8ccc9cccnc9c8n7)nc6c5)ccc4n3)c2)nc1. The quantitative estimate of drug-likeness (QED) is 0.126. The Morgan fingerprint density at radius 2 is 0.434 bits per heavy atom. The highest BCUT2D eigenvalue weighted by atomic mass is 14.8. The monoisotopic (exact) mass is 1350 g/mol. The maximum Gasteiger partial charge on any atom is 0.0972 e. The molecule has 0 bridgehead atoms. The van der Waals surface area contributed by atoms with E-state index in [1.807, 2.05) is 110 Å². The van der Waals surface area contributed by atoms with Gasteiger partial charge in [0.1, 0.15) is 0 Å². The Hall–Kier alpha value is -14.6. The Morgan fingerprint density at radius 1 is 0.132 bits per heavy atom. The Balaban J connectivity index is 0.000000140. The molecular weight excluding hydrogens is 1300 g/mol. The highest BCUT2D eigenvalue weighted by Gasteiger charge is 2.17. The Morgan fingerprint density at radius 3 is 0.868 bits per heavy atom. The Kier molecular flexibility index (Phi) is 14.9. The van der Waals surface area contributed by atoms with Crippen molar-refractivity contribution in [2.24, 2.45) is 0 Å². The first-order valence-electron chi connectivity index (χ1n) is 35.1.